The summed E-state index contributed by atoms with van der Waals surface area (Å²) < 4.78 is 2.39. The molecule has 21 heavy (non-hydrogen) atoms. The highest BCUT2D eigenvalue weighted by Gasteiger charge is 2.14. The van der Waals surface area contributed by atoms with Crippen LogP contribution in [-0.4, -0.2) is 31.3 Å². The molecular weight excluding hydrogens is 356 g/mol. The van der Waals surface area contributed by atoms with Crippen molar-refractivity contribution in [2.75, 3.05) is 11.9 Å². The molecule has 2 aromatic heterocycles. The number of rotatable bonds is 7. The Morgan fingerprint density at radius 1 is 1.38 bits per heavy atom. The zero-order chi connectivity index (χ0) is 15.2. The predicted molar refractivity (Wildman–Crippen MR) is 85.8 cm³/mol. The van der Waals surface area contributed by atoms with E-state index in [-0.39, 0.29) is 5.69 Å². The number of nitrogens with zero attached hydrogens (tertiary/aromatic N) is 4. The Hall–Kier alpha value is -1.35. The molecule has 0 saturated carbocycles. The van der Waals surface area contributed by atoms with Gasteiger partial charge in [-0.3, -0.25) is 4.57 Å². The van der Waals surface area contributed by atoms with Crippen LogP contribution in [0.25, 0.3) is 0 Å². The topological polar surface area (TPSA) is 88.5 Å². The summed E-state index contributed by atoms with van der Waals surface area (Å²) in [7, 11) is 0. The number of hydrogen-bond acceptors (Lipinski definition) is 6. The highest BCUT2D eigenvalue weighted by atomic mass is 79.9. The summed E-state index contributed by atoms with van der Waals surface area (Å²) in [5.41, 5.74) is -0.200. The molecule has 0 bridgehead atoms. The van der Waals surface area contributed by atoms with Gasteiger partial charge in [-0.05, 0) is 40.5 Å². The quantitative estimate of drug-likeness (QED) is 0.725. The van der Waals surface area contributed by atoms with Crippen LogP contribution in [0.15, 0.2) is 25.8 Å². The molecule has 0 spiro atoms. The van der Waals surface area contributed by atoms with Crippen molar-refractivity contribution in [3.8, 4) is 0 Å². The second-order valence-electron chi connectivity index (χ2n) is 4.33. The van der Waals surface area contributed by atoms with Crippen molar-refractivity contribution in [1.29, 1.82) is 0 Å². The van der Waals surface area contributed by atoms with Crippen LogP contribution < -0.4 is 11.0 Å². The second-order valence-corrected chi connectivity index (χ2v) is 6.08. The molecule has 0 aromatic carbocycles. The van der Waals surface area contributed by atoms with E-state index >= 15 is 0 Å². The maximum atomic E-state index is 11.7. The molecule has 114 valence electrons. The molecule has 0 amide bonds. The molecule has 0 atom stereocenters. The lowest BCUT2D eigenvalue weighted by Crippen LogP contribution is -2.17. The SMILES string of the molecule is CCCNc1ncnc(Sc2n[nH]c(=O)n2CCC)c1Br. The smallest absolute Gasteiger partial charge is 0.343 e. The fraction of sp³-hybridized carbons (Fsp3) is 0.500. The first-order valence-corrected chi connectivity index (χ1v) is 8.35. The Morgan fingerprint density at radius 3 is 2.90 bits per heavy atom. The van der Waals surface area contributed by atoms with E-state index in [2.05, 4.69) is 48.3 Å². The van der Waals surface area contributed by atoms with Crippen LogP contribution in [0.2, 0.25) is 0 Å². The Morgan fingerprint density at radius 2 is 2.19 bits per heavy atom. The first-order chi connectivity index (χ1) is 10.2. The number of anilines is 1. The van der Waals surface area contributed by atoms with Gasteiger partial charge >= 0.3 is 5.69 Å². The Labute approximate surface area is 135 Å². The van der Waals surface area contributed by atoms with Crippen LogP contribution in [0.3, 0.4) is 0 Å². The van der Waals surface area contributed by atoms with E-state index in [0.717, 1.165) is 34.7 Å². The van der Waals surface area contributed by atoms with Crippen molar-refractivity contribution in [3.63, 3.8) is 0 Å². The first-order valence-electron chi connectivity index (χ1n) is 6.74. The van der Waals surface area contributed by atoms with E-state index in [4.69, 9.17) is 0 Å². The molecule has 2 N–H and O–H groups in total. The van der Waals surface area contributed by atoms with Crippen molar-refractivity contribution >= 4 is 33.5 Å². The zero-order valence-corrected chi connectivity index (χ0v) is 14.3. The number of H-pyrrole nitrogens is 1. The third-order valence-corrected chi connectivity index (χ3v) is 4.67. The lowest BCUT2D eigenvalue weighted by atomic mass is 10.4. The minimum atomic E-state index is -0.200. The summed E-state index contributed by atoms with van der Waals surface area (Å²) >= 11 is 4.84. The molecular formula is C12H17BrN6OS. The third kappa shape index (κ3) is 3.85. The van der Waals surface area contributed by atoms with Crippen molar-refractivity contribution in [2.45, 2.75) is 43.4 Å². The van der Waals surface area contributed by atoms with Crippen LogP contribution >= 0.6 is 27.7 Å². The molecule has 2 rings (SSSR count). The molecule has 2 heterocycles. The van der Waals surface area contributed by atoms with Gasteiger partial charge in [-0.25, -0.2) is 19.9 Å². The Balaban J connectivity index is 2.25. The number of nitrogens with one attached hydrogen (secondary N) is 2. The zero-order valence-electron chi connectivity index (χ0n) is 11.9. The van der Waals surface area contributed by atoms with Crippen LogP contribution in [0, 0.1) is 0 Å². The highest BCUT2D eigenvalue weighted by Crippen LogP contribution is 2.33. The largest absolute Gasteiger partial charge is 0.369 e. The molecule has 0 unspecified atom stereocenters. The average molecular weight is 373 g/mol. The molecule has 0 saturated heterocycles. The second kappa shape index (κ2) is 7.60. The number of hydrogen-bond donors (Lipinski definition) is 2. The summed E-state index contributed by atoms with van der Waals surface area (Å²) in [6.07, 6.45) is 3.37. The summed E-state index contributed by atoms with van der Waals surface area (Å²) in [4.78, 5) is 20.1. The number of aromatic nitrogens is 5. The number of aromatic amines is 1. The van der Waals surface area contributed by atoms with Gasteiger partial charge in [-0.2, -0.15) is 0 Å². The summed E-state index contributed by atoms with van der Waals surface area (Å²) in [6, 6.07) is 0. The van der Waals surface area contributed by atoms with Gasteiger partial charge in [0.15, 0.2) is 5.16 Å². The van der Waals surface area contributed by atoms with E-state index in [1.807, 2.05) is 6.92 Å². The van der Waals surface area contributed by atoms with Crippen LogP contribution in [0.5, 0.6) is 0 Å². The van der Waals surface area contributed by atoms with Crippen LogP contribution in [0.4, 0.5) is 5.82 Å². The van der Waals surface area contributed by atoms with Crippen molar-refractivity contribution in [2.24, 2.45) is 0 Å². The fourth-order valence-electron chi connectivity index (χ4n) is 1.68. The molecule has 2 aromatic rings. The first kappa shape index (κ1) is 16.0. The van der Waals surface area contributed by atoms with Gasteiger partial charge in [-0.15, -0.1) is 5.10 Å². The van der Waals surface area contributed by atoms with E-state index in [9.17, 15) is 4.79 Å². The molecule has 0 fully saturated rings. The molecule has 0 aliphatic carbocycles. The predicted octanol–water partition coefficient (Wildman–Crippen LogP) is 2.51. The van der Waals surface area contributed by atoms with Crippen LogP contribution in [-0.2, 0) is 6.54 Å². The monoisotopic (exact) mass is 372 g/mol. The molecule has 7 nitrogen and oxygen atoms in total. The van der Waals surface area contributed by atoms with Gasteiger partial charge < -0.3 is 5.32 Å². The third-order valence-electron chi connectivity index (χ3n) is 2.66. The van der Waals surface area contributed by atoms with Gasteiger partial charge in [0.2, 0.25) is 0 Å². The highest BCUT2D eigenvalue weighted by molar-refractivity contribution is 9.10. The number of halogens is 1. The fourth-order valence-corrected chi connectivity index (χ4v) is 3.10. The van der Waals surface area contributed by atoms with Gasteiger partial charge in [0.25, 0.3) is 0 Å². The minimum Gasteiger partial charge on any atom is -0.369 e. The summed E-state index contributed by atoms with van der Waals surface area (Å²) in [5.74, 6) is 0.745. The Kier molecular flexibility index (Phi) is 5.80. The van der Waals surface area contributed by atoms with Crippen molar-refractivity contribution < 1.29 is 0 Å². The minimum absolute atomic E-state index is 0.200. The lowest BCUT2D eigenvalue weighted by molar-refractivity contribution is 0.603. The molecule has 0 aliphatic rings. The van der Waals surface area contributed by atoms with E-state index in [1.165, 1.54) is 18.1 Å². The van der Waals surface area contributed by atoms with Gasteiger partial charge in [0.05, 0.1) is 4.47 Å². The Bertz CT molecular complexity index is 655. The van der Waals surface area contributed by atoms with Crippen LogP contribution in [0.1, 0.15) is 26.7 Å². The lowest BCUT2D eigenvalue weighted by Gasteiger charge is -2.09. The van der Waals surface area contributed by atoms with Gasteiger partial charge in [0.1, 0.15) is 17.2 Å². The molecule has 0 radical (unpaired) electrons. The summed E-state index contributed by atoms with van der Waals surface area (Å²) in [6.45, 7) is 5.57. The molecule has 9 heteroatoms. The van der Waals surface area contributed by atoms with Gasteiger partial charge in [0, 0.05) is 13.1 Å². The van der Waals surface area contributed by atoms with Crippen molar-refractivity contribution in [3.05, 3.63) is 21.3 Å². The average Bonchev–Trinajstić information content (AvgIpc) is 2.82. The maximum Gasteiger partial charge on any atom is 0.343 e. The van der Waals surface area contributed by atoms with E-state index in [1.54, 1.807) is 4.57 Å². The molecule has 0 aliphatic heterocycles. The normalized spacial score (nSPS) is 10.8. The maximum absolute atomic E-state index is 11.7. The standard InChI is InChI=1S/C12H17BrN6OS/c1-3-5-14-9-8(13)10(16-7-15-9)21-12-18-17-11(20)19(12)6-4-2/h7H,3-6H2,1-2H3,(H,17,20)(H,14,15,16). The van der Waals surface area contributed by atoms with E-state index in [0.29, 0.717) is 11.7 Å². The summed E-state index contributed by atoms with van der Waals surface area (Å²) in [5, 5.41) is 11.1. The van der Waals surface area contributed by atoms with Gasteiger partial charge in [-0.1, -0.05) is 13.8 Å². The van der Waals surface area contributed by atoms with E-state index < -0.39 is 0 Å². The van der Waals surface area contributed by atoms with Crippen molar-refractivity contribution in [1.82, 2.24) is 24.7 Å².